The van der Waals surface area contributed by atoms with E-state index in [-0.39, 0.29) is 39.1 Å². The lowest BCUT2D eigenvalue weighted by Crippen LogP contribution is -2.59. The second-order valence-corrected chi connectivity index (χ2v) is 12.6. The van der Waals surface area contributed by atoms with E-state index in [2.05, 4.69) is 38.2 Å². The normalized spacial score (nSPS) is 29.3. The minimum atomic E-state index is -0.680. The second-order valence-electron chi connectivity index (χ2n) is 11.8. The van der Waals surface area contributed by atoms with Gasteiger partial charge in [-0.2, -0.15) is 0 Å². The molecule has 41 heavy (non-hydrogen) atoms. The lowest BCUT2D eigenvalue weighted by Gasteiger charge is -2.44. The molecule has 3 N–H and O–H groups in total. The van der Waals surface area contributed by atoms with Crippen molar-refractivity contribution in [2.75, 3.05) is 19.6 Å². The van der Waals surface area contributed by atoms with E-state index in [9.17, 15) is 4.79 Å². The van der Waals surface area contributed by atoms with Crippen LogP contribution in [-0.2, 0) is 0 Å². The minimum Gasteiger partial charge on any atom is -0.312 e. The van der Waals surface area contributed by atoms with Crippen LogP contribution >= 0.6 is 23.2 Å². The first kappa shape index (κ1) is 28.7. The maximum Gasteiger partial charge on any atom is 0.254 e. The Hall–Kier alpha value is -2.37. The van der Waals surface area contributed by atoms with Crippen molar-refractivity contribution in [2.24, 2.45) is 11.8 Å². The molecule has 5 heterocycles. The number of nitrogens with one attached hydrogen (secondary N) is 3. The first-order valence-corrected chi connectivity index (χ1v) is 15.5. The molecule has 1 aromatic carbocycles. The van der Waals surface area contributed by atoms with E-state index in [1.165, 1.54) is 35.9 Å². The summed E-state index contributed by atoms with van der Waals surface area (Å²) >= 11 is 12.1. The van der Waals surface area contributed by atoms with E-state index in [4.69, 9.17) is 23.2 Å². The largest absolute Gasteiger partial charge is 0.312 e. The van der Waals surface area contributed by atoms with Gasteiger partial charge in [0.1, 0.15) is 0 Å². The number of nitrogens with zero attached hydrogens (tertiary/aromatic N) is 5. The molecule has 0 aliphatic carbocycles. The topological polar surface area (TPSA) is 102 Å². The third kappa shape index (κ3) is 6.08. The van der Waals surface area contributed by atoms with Gasteiger partial charge in [-0.1, -0.05) is 41.8 Å². The molecule has 3 fully saturated rings. The zero-order valence-corrected chi connectivity index (χ0v) is 24.7. The number of fused-ring (bicyclic) bond motifs is 4. The Kier molecular flexibility index (Phi) is 8.74. The Morgan fingerprint density at radius 3 is 2.71 bits per heavy atom. The molecule has 0 spiro atoms. The molecule has 2 aromatic heterocycles. The summed E-state index contributed by atoms with van der Waals surface area (Å²) in [6, 6.07) is 5.47. The predicted octanol–water partition coefficient (Wildman–Crippen LogP) is 4.38. The highest BCUT2D eigenvalue weighted by Crippen LogP contribution is 2.34. The monoisotopic (exact) mass is 602 g/mol. The third-order valence-corrected chi connectivity index (χ3v) is 9.58. The fourth-order valence-corrected chi connectivity index (χ4v) is 7.32. The Labute approximate surface area is 249 Å². The van der Waals surface area contributed by atoms with Crippen molar-refractivity contribution in [3.05, 3.63) is 57.1 Å². The summed E-state index contributed by atoms with van der Waals surface area (Å²) in [5.41, 5.74) is 0.385. The number of hydrogen-bond donors (Lipinski definition) is 3. The number of aromatic nitrogens is 5. The SMILES string of the molecule is C[C@@H]1CCC[C@H](n2cnc(-c3c(-n4cc(Cl)nn4)ccc(Cl)c3F)cc2=O)C2CC(CCN2)C2NCCCC2NC1. The van der Waals surface area contributed by atoms with E-state index >= 15 is 4.39 Å². The number of benzene rings is 1. The maximum atomic E-state index is 15.4. The van der Waals surface area contributed by atoms with Crippen LogP contribution in [0.4, 0.5) is 4.39 Å². The van der Waals surface area contributed by atoms with E-state index < -0.39 is 5.82 Å². The lowest BCUT2D eigenvalue weighted by molar-refractivity contribution is 0.144. The molecule has 0 amide bonds. The van der Waals surface area contributed by atoms with Crippen LogP contribution in [-0.4, -0.2) is 62.3 Å². The molecule has 3 aromatic rings. The van der Waals surface area contributed by atoms with Gasteiger partial charge in [0.2, 0.25) is 0 Å². The maximum absolute atomic E-state index is 15.4. The summed E-state index contributed by atoms with van der Waals surface area (Å²) in [4.78, 5) is 18.4. The molecule has 0 saturated carbocycles. The van der Waals surface area contributed by atoms with Gasteiger partial charge in [-0.25, -0.2) is 14.1 Å². The molecule has 12 heteroatoms. The highest BCUT2D eigenvalue weighted by atomic mass is 35.5. The minimum absolute atomic E-state index is 0.0497. The van der Waals surface area contributed by atoms with Crippen molar-refractivity contribution in [1.29, 1.82) is 0 Å². The van der Waals surface area contributed by atoms with Crippen molar-refractivity contribution >= 4 is 23.2 Å². The van der Waals surface area contributed by atoms with Crippen molar-refractivity contribution < 1.29 is 4.39 Å². The average Bonchev–Trinajstić information content (AvgIpc) is 3.41. The molecule has 3 saturated heterocycles. The van der Waals surface area contributed by atoms with Gasteiger partial charge in [-0.15, -0.1) is 5.10 Å². The van der Waals surface area contributed by atoms with Crippen LogP contribution in [0.3, 0.4) is 0 Å². The molecule has 9 nitrogen and oxygen atoms in total. The van der Waals surface area contributed by atoms with Gasteiger partial charge < -0.3 is 16.0 Å². The van der Waals surface area contributed by atoms with Crippen molar-refractivity contribution in [2.45, 2.75) is 76.0 Å². The summed E-state index contributed by atoms with van der Waals surface area (Å²) in [6.45, 7) is 5.30. The fraction of sp³-hybridized carbons (Fsp3) is 0.586. The Morgan fingerprint density at radius 1 is 1.02 bits per heavy atom. The Morgan fingerprint density at radius 2 is 1.90 bits per heavy atom. The molecule has 6 rings (SSSR count). The highest BCUT2D eigenvalue weighted by molar-refractivity contribution is 6.31. The highest BCUT2D eigenvalue weighted by Gasteiger charge is 2.38. The number of rotatable bonds is 3. The summed E-state index contributed by atoms with van der Waals surface area (Å²) < 4.78 is 18.5. The molecule has 3 aliphatic rings. The van der Waals surface area contributed by atoms with Crippen LogP contribution < -0.4 is 21.5 Å². The third-order valence-electron chi connectivity index (χ3n) is 9.12. The quantitative estimate of drug-likeness (QED) is 0.409. The van der Waals surface area contributed by atoms with Crippen LogP contribution in [0.2, 0.25) is 10.2 Å². The molecule has 3 aliphatic heterocycles. The van der Waals surface area contributed by atoms with Crippen molar-refractivity contribution in [3.8, 4) is 16.9 Å². The summed E-state index contributed by atoms with van der Waals surface area (Å²) in [7, 11) is 0. The van der Waals surface area contributed by atoms with E-state index in [1.807, 2.05) is 0 Å². The van der Waals surface area contributed by atoms with Gasteiger partial charge in [0.05, 0.1) is 40.5 Å². The van der Waals surface area contributed by atoms with Gasteiger partial charge in [0.25, 0.3) is 5.56 Å². The lowest BCUT2D eigenvalue weighted by atomic mass is 9.77. The summed E-state index contributed by atoms with van der Waals surface area (Å²) in [5.74, 6) is 0.398. The average molecular weight is 604 g/mol. The second kappa shape index (κ2) is 12.5. The predicted molar refractivity (Wildman–Crippen MR) is 158 cm³/mol. The number of piperidine rings is 2. The Balaban J connectivity index is 1.34. The number of hydrogen-bond acceptors (Lipinski definition) is 7. The fourth-order valence-electron chi connectivity index (χ4n) is 7.03. The van der Waals surface area contributed by atoms with E-state index in [0.29, 0.717) is 29.6 Å². The Bertz CT molecular complexity index is 1430. The van der Waals surface area contributed by atoms with Crippen LogP contribution in [0.25, 0.3) is 16.9 Å². The standard InChI is InChI=1S/C29H37Cl2FN8O/c1-17-4-2-6-23(21-12-18(9-11-33-21)29-20(35-14-17)5-3-10-34-29)39-16-36-22(13-26(39)41)27-24(8-7-19(30)28(27)32)40-15-25(31)37-38-40/h7-8,13,15-18,20-21,23,29,33-35H,2-6,9-12,14H2,1H3/t17-,18?,20?,21?,23+,29?/m1/s1. The van der Waals surface area contributed by atoms with Crippen LogP contribution in [0.1, 0.15) is 57.9 Å². The van der Waals surface area contributed by atoms with Crippen LogP contribution in [0.15, 0.2) is 35.5 Å². The molecule has 4 unspecified atom stereocenters. The first-order chi connectivity index (χ1) is 19.9. The smallest absolute Gasteiger partial charge is 0.254 e. The van der Waals surface area contributed by atoms with Gasteiger partial charge in [-0.3, -0.25) is 9.36 Å². The molecular weight excluding hydrogens is 566 g/mol. The number of halogens is 3. The van der Waals surface area contributed by atoms with E-state index in [0.717, 1.165) is 51.7 Å². The van der Waals surface area contributed by atoms with Gasteiger partial charge >= 0.3 is 0 Å². The molecule has 6 atom stereocenters. The van der Waals surface area contributed by atoms with E-state index in [1.54, 1.807) is 17.0 Å². The summed E-state index contributed by atoms with van der Waals surface area (Å²) in [6.07, 6.45) is 10.5. The molecule has 220 valence electrons. The zero-order valence-electron chi connectivity index (χ0n) is 23.2. The van der Waals surface area contributed by atoms with Crippen molar-refractivity contribution in [1.82, 2.24) is 40.5 Å². The van der Waals surface area contributed by atoms with Crippen molar-refractivity contribution in [3.63, 3.8) is 0 Å². The first-order valence-electron chi connectivity index (χ1n) is 14.7. The molecule has 2 bridgehead atoms. The zero-order chi connectivity index (χ0) is 28.5. The van der Waals surface area contributed by atoms with Crippen LogP contribution in [0, 0.1) is 17.7 Å². The summed E-state index contributed by atoms with van der Waals surface area (Å²) in [5, 5.41) is 19.3. The molecular formula is C29H37Cl2FN8O. The van der Waals surface area contributed by atoms with Gasteiger partial charge in [0, 0.05) is 24.2 Å². The van der Waals surface area contributed by atoms with Gasteiger partial charge in [0.15, 0.2) is 11.0 Å². The molecule has 0 radical (unpaired) electrons. The van der Waals surface area contributed by atoms with Gasteiger partial charge in [-0.05, 0) is 82.1 Å². The van der Waals surface area contributed by atoms with Crippen LogP contribution in [0.5, 0.6) is 0 Å².